The van der Waals surface area contributed by atoms with Gasteiger partial charge in [-0.2, -0.15) is 0 Å². The number of piperidine rings is 1. The Morgan fingerprint density at radius 2 is 1.93 bits per heavy atom. The number of hydrogen-bond acceptors (Lipinski definition) is 4. The van der Waals surface area contributed by atoms with E-state index in [1.807, 2.05) is 24.3 Å². The van der Waals surface area contributed by atoms with Crippen molar-refractivity contribution >= 4 is 11.9 Å². The van der Waals surface area contributed by atoms with Crippen molar-refractivity contribution in [3.05, 3.63) is 59.7 Å². The van der Waals surface area contributed by atoms with E-state index in [-0.39, 0.29) is 17.9 Å². The molecule has 3 fully saturated rings. The molecule has 5 atom stereocenters. The maximum absolute atomic E-state index is 14.4. The molecule has 160 valence electrons. The lowest BCUT2D eigenvalue weighted by Gasteiger charge is -2.31. The average molecular weight is 431 g/mol. The van der Waals surface area contributed by atoms with Crippen LogP contribution in [-0.4, -0.2) is 43.1 Å². The van der Waals surface area contributed by atoms with Crippen molar-refractivity contribution in [2.24, 2.45) is 11.8 Å². The van der Waals surface area contributed by atoms with E-state index in [0.717, 1.165) is 31.6 Å². The van der Waals surface area contributed by atoms with Crippen LogP contribution in [0.5, 0.6) is 0 Å². The highest BCUT2D eigenvalue weighted by molar-refractivity contribution is 7.96. The van der Waals surface area contributed by atoms with Gasteiger partial charge >= 0.3 is 0 Å². The minimum atomic E-state index is -0.501. The summed E-state index contributed by atoms with van der Waals surface area (Å²) in [7, 11) is 0. The topological polar surface area (TPSA) is 27.8 Å². The molecule has 2 aromatic carbocycles. The Morgan fingerprint density at radius 3 is 2.73 bits per heavy atom. The summed E-state index contributed by atoms with van der Waals surface area (Å²) in [5.41, 5.74) is 1.81. The number of ether oxygens (including phenoxy) is 1. The summed E-state index contributed by atoms with van der Waals surface area (Å²) in [4.78, 5) is 2.50. The summed E-state index contributed by atoms with van der Waals surface area (Å²) in [6.45, 7) is 3.23. The number of nitrogens with one attached hydrogen (secondary N) is 1. The van der Waals surface area contributed by atoms with Crippen LogP contribution in [-0.2, 0) is 4.74 Å². The molecule has 6 heteroatoms. The van der Waals surface area contributed by atoms with Crippen molar-refractivity contribution in [3.63, 3.8) is 0 Å². The van der Waals surface area contributed by atoms with Crippen LogP contribution in [0, 0.1) is 23.5 Å². The molecule has 0 spiro atoms. The lowest BCUT2D eigenvalue weighted by molar-refractivity contribution is 0.116. The van der Waals surface area contributed by atoms with Gasteiger partial charge in [0.1, 0.15) is 24.0 Å². The van der Waals surface area contributed by atoms with Crippen molar-refractivity contribution in [1.82, 2.24) is 9.62 Å². The summed E-state index contributed by atoms with van der Waals surface area (Å²) in [6, 6.07) is 11.8. The Balaban J connectivity index is 1.27. The van der Waals surface area contributed by atoms with Gasteiger partial charge in [0.05, 0.1) is 5.56 Å². The number of rotatable bonds is 7. The molecule has 1 saturated carbocycles. The third kappa shape index (κ3) is 4.03. The van der Waals surface area contributed by atoms with E-state index >= 15 is 0 Å². The second-order valence-electron chi connectivity index (χ2n) is 8.74. The molecule has 0 aromatic heterocycles. The van der Waals surface area contributed by atoms with E-state index in [1.54, 1.807) is 11.9 Å². The van der Waals surface area contributed by atoms with E-state index in [2.05, 4.69) is 15.9 Å². The highest BCUT2D eigenvalue weighted by Crippen LogP contribution is 2.58. The first-order valence-electron chi connectivity index (χ1n) is 10.9. The van der Waals surface area contributed by atoms with Gasteiger partial charge in [0.15, 0.2) is 0 Å². The third-order valence-electron chi connectivity index (χ3n) is 6.78. The van der Waals surface area contributed by atoms with Gasteiger partial charge in [-0.1, -0.05) is 42.3 Å². The molecule has 2 aromatic rings. The van der Waals surface area contributed by atoms with Crippen LogP contribution < -0.4 is 4.72 Å². The van der Waals surface area contributed by atoms with Gasteiger partial charge in [0.25, 0.3) is 0 Å². The van der Waals surface area contributed by atoms with E-state index in [9.17, 15) is 8.78 Å². The Labute approximate surface area is 181 Å². The Bertz CT molecular complexity index is 890. The quantitative estimate of drug-likeness (QED) is 0.492. The Hall–Kier alpha value is -1.47. The lowest BCUT2D eigenvalue weighted by Crippen LogP contribution is -2.41. The molecule has 1 N–H and O–H groups in total. The van der Waals surface area contributed by atoms with Crippen LogP contribution in [0.2, 0.25) is 0 Å². The van der Waals surface area contributed by atoms with Crippen LogP contribution in [0.3, 0.4) is 0 Å². The zero-order valence-electron chi connectivity index (χ0n) is 17.2. The van der Waals surface area contributed by atoms with Gasteiger partial charge in [0.2, 0.25) is 0 Å². The molecule has 0 radical (unpaired) electrons. The van der Waals surface area contributed by atoms with Gasteiger partial charge in [-0.05, 0) is 66.5 Å². The first-order valence-corrected chi connectivity index (χ1v) is 12.1. The second-order valence-corrected chi connectivity index (χ2v) is 9.43. The minimum Gasteiger partial charge on any atom is -0.353 e. The molecule has 30 heavy (non-hydrogen) atoms. The molecular formula is C24H28F2N2OS. The third-order valence-corrected chi connectivity index (χ3v) is 7.24. The first kappa shape index (κ1) is 20.4. The normalized spacial score (nSPS) is 31.0. The first-order chi connectivity index (χ1) is 14.7. The van der Waals surface area contributed by atoms with E-state index in [1.165, 1.54) is 31.0 Å². The van der Waals surface area contributed by atoms with E-state index in [0.29, 0.717) is 23.3 Å². The van der Waals surface area contributed by atoms with Crippen molar-refractivity contribution in [2.45, 2.75) is 37.5 Å². The Morgan fingerprint density at radius 1 is 1.13 bits per heavy atom. The monoisotopic (exact) mass is 430 g/mol. The van der Waals surface area contributed by atoms with Crippen LogP contribution in [0.15, 0.2) is 42.5 Å². The number of benzene rings is 2. The summed E-state index contributed by atoms with van der Waals surface area (Å²) >= 11 is 1.68. The highest BCUT2D eigenvalue weighted by atomic mass is 32.2. The smallest absolute Gasteiger partial charge is 0.138 e. The number of halogens is 2. The Kier molecular flexibility index (Phi) is 5.84. The molecule has 1 aliphatic carbocycles. The zero-order valence-corrected chi connectivity index (χ0v) is 18.0. The predicted molar refractivity (Wildman–Crippen MR) is 117 cm³/mol. The summed E-state index contributed by atoms with van der Waals surface area (Å²) in [6.07, 6.45) is 6.06. The van der Waals surface area contributed by atoms with Gasteiger partial charge in [0, 0.05) is 19.6 Å². The fourth-order valence-electron chi connectivity index (χ4n) is 5.16. The van der Waals surface area contributed by atoms with Crippen molar-refractivity contribution in [1.29, 1.82) is 0 Å². The van der Waals surface area contributed by atoms with Crippen molar-refractivity contribution in [2.75, 3.05) is 25.9 Å². The molecule has 0 bridgehead atoms. The van der Waals surface area contributed by atoms with E-state index in [4.69, 9.17) is 4.74 Å². The maximum Gasteiger partial charge on any atom is 0.138 e. The molecule has 2 heterocycles. The lowest BCUT2D eigenvalue weighted by atomic mass is 9.94. The van der Waals surface area contributed by atoms with Crippen LogP contribution in [0.4, 0.5) is 8.78 Å². The van der Waals surface area contributed by atoms with Crippen LogP contribution in [0.1, 0.15) is 30.7 Å². The summed E-state index contributed by atoms with van der Waals surface area (Å²) in [5.74, 6) is 0.428. The van der Waals surface area contributed by atoms with E-state index < -0.39 is 11.6 Å². The van der Waals surface area contributed by atoms with Crippen LogP contribution in [0.25, 0.3) is 11.1 Å². The fraction of sp³-hybridized carbons (Fsp3) is 0.500. The molecule has 5 unspecified atom stereocenters. The van der Waals surface area contributed by atoms with Crippen molar-refractivity contribution in [3.8, 4) is 11.1 Å². The number of hydrogen-bond donors (Lipinski definition) is 1. The molecule has 3 aliphatic rings. The minimum absolute atomic E-state index is 0.0900. The standard InChI is InChI=1S/C24H28F2N2OS/c1-30-27-13-15-6-5-11-28(14-15)24-23(29-24)19-12-18(19)16-7-2-3-8-17(16)22-20(25)9-4-10-21(22)26/h2-4,7-10,15,18-19,23-24,27H,5-6,11-14H2,1H3. The maximum atomic E-state index is 14.4. The van der Waals surface area contributed by atoms with Gasteiger partial charge in [-0.3, -0.25) is 9.62 Å². The van der Waals surface area contributed by atoms with Gasteiger partial charge < -0.3 is 4.74 Å². The highest BCUT2D eigenvalue weighted by Gasteiger charge is 2.58. The number of likely N-dealkylation sites (tertiary alicyclic amines) is 1. The van der Waals surface area contributed by atoms with Gasteiger partial charge in [-0.25, -0.2) is 8.78 Å². The largest absolute Gasteiger partial charge is 0.353 e. The summed E-state index contributed by atoms with van der Waals surface area (Å²) in [5, 5.41) is 0. The second kappa shape index (κ2) is 8.58. The molecule has 5 rings (SSSR count). The molecular weight excluding hydrogens is 402 g/mol. The number of epoxide rings is 1. The summed E-state index contributed by atoms with van der Waals surface area (Å²) < 4.78 is 38.4. The van der Waals surface area contributed by atoms with Crippen molar-refractivity contribution < 1.29 is 13.5 Å². The molecule has 2 aliphatic heterocycles. The molecule has 2 saturated heterocycles. The van der Waals surface area contributed by atoms with Crippen LogP contribution >= 0.6 is 11.9 Å². The zero-order chi connectivity index (χ0) is 20.7. The molecule has 0 amide bonds. The fourth-order valence-corrected chi connectivity index (χ4v) is 5.56. The van der Waals surface area contributed by atoms with Gasteiger partial charge in [-0.15, -0.1) is 0 Å². The average Bonchev–Trinajstić information content (AvgIpc) is 3.66. The SMILES string of the molecule is CSNCC1CCCN(C2OC2C2CC2c2ccccc2-c2c(F)cccc2F)C1. The molecule has 3 nitrogen and oxygen atoms in total. The predicted octanol–water partition coefficient (Wildman–Crippen LogP) is 5.04. The number of nitrogens with zero attached hydrogens (tertiary/aromatic N) is 1.